The van der Waals surface area contributed by atoms with Gasteiger partial charge in [-0.25, -0.2) is 0 Å². The summed E-state index contributed by atoms with van der Waals surface area (Å²) >= 11 is 0. The van der Waals surface area contributed by atoms with Gasteiger partial charge in [-0.2, -0.15) is 0 Å². The first-order valence-electron chi connectivity index (χ1n) is 12.5. The Morgan fingerprint density at radius 1 is 0.750 bits per heavy atom. The van der Waals surface area contributed by atoms with Gasteiger partial charge in [-0.05, 0) is 43.2 Å². The van der Waals surface area contributed by atoms with Crippen LogP contribution in [0.5, 0.6) is 23.0 Å². The van der Waals surface area contributed by atoms with Gasteiger partial charge in [0.2, 0.25) is 0 Å². The molecule has 213 valence electrons. The fourth-order valence-corrected chi connectivity index (χ4v) is 4.51. The number of methoxy groups -OCH3 is 4. The summed E-state index contributed by atoms with van der Waals surface area (Å²) in [5.74, 6) is 2.35. The number of aromatic nitrogens is 2. The number of hydrogen-bond donors (Lipinski definition) is 2. The zero-order chi connectivity index (χ0) is 28.1. The van der Waals surface area contributed by atoms with Crippen LogP contribution in [-0.4, -0.2) is 60.8 Å². The van der Waals surface area contributed by atoms with Gasteiger partial charge in [-0.3, -0.25) is 4.98 Å². The molecule has 0 bridgehead atoms. The summed E-state index contributed by atoms with van der Waals surface area (Å²) in [5, 5.41) is 20.7. The maximum Gasteiger partial charge on any atom is 0.161 e. The fraction of sp³-hybridized carbons (Fsp3) is 0.290. The minimum Gasteiger partial charge on any atom is -0.536 e. The van der Waals surface area contributed by atoms with Gasteiger partial charge in [0, 0.05) is 37.4 Å². The van der Waals surface area contributed by atoms with Gasteiger partial charge in [-0.15, -0.1) is 5.39 Å². The molecule has 2 N–H and O–H groups in total. The molecule has 40 heavy (non-hydrogen) atoms. The Morgan fingerprint density at radius 3 is 1.85 bits per heavy atom. The Bertz CT molecular complexity index is 1590. The van der Waals surface area contributed by atoms with Gasteiger partial charge in [0.05, 0.1) is 63.4 Å². The second-order valence-corrected chi connectivity index (χ2v) is 9.16. The molecule has 8 nitrogen and oxygen atoms in total. The van der Waals surface area contributed by atoms with E-state index >= 15 is 0 Å². The molecule has 0 saturated carbocycles. The Morgan fingerprint density at radius 2 is 1.32 bits per heavy atom. The topological polar surface area (TPSA) is 103 Å². The minimum absolute atomic E-state index is 0. The van der Waals surface area contributed by atoms with Crippen molar-refractivity contribution >= 4 is 32.6 Å². The summed E-state index contributed by atoms with van der Waals surface area (Å²) in [7, 11) is 6.44. The first-order valence-corrected chi connectivity index (χ1v) is 12.5. The van der Waals surface area contributed by atoms with Gasteiger partial charge in [-0.1, -0.05) is 47.9 Å². The van der Waals surface area contributed by atoms with E-state index < -0.39 is 0 Å². The Hall–Kier alpha value is -3.49. The number of benzene rings is 4. The zero-order valence-electron chi connectivity index (χ0n) is 23.3. The number of nitrogens with zero attached hydrogens (tertiary/aromatic N) is 2. The van der Waals surface area contributed by atoms with Crippen molar-refractivity contribution in [2.45, 2.75) is 32.5 Å². The molecule has 2 atom stereocenters. The summed E-state index contributed by atoms with van der Waals surface area (Å²) < 4.78 is 22.2. The smallest absolute Gasteiger partial charge is 0.161 e. The molecule has 5 rings (SSSR count). The number of rotatable bonds is 7. The average molecular weight is 722 g/mol. The van der Waals surface area contributed by atoms with Crippen LogP contribution in [0.4, 0.5) is 0 Å². The molecule has 1 heterocycles. The molecule has 9 heteroatoms. The molecule has 1 aromatic heterocycles. The Balaban J connectivity index is 0.000000492. The minimum atomic E-state index is -0.375. The largest absolute Gasteiger partial charge is 0.536 e. The summed E-state index contributed by atoms with van der Waals surface area (Å²) in [5.41, 5.74) is 3.25. The van der Waals surface area contributed by atoms with Crippen molar-refractivity contribution in [3.63, 3.8) is 0 Å². The van der Waals surface area contributed by atoms with E-state index in [0.717, 1.165) is 43.8 Å². The molecule has 0 fully saturated rings. The number of hydrogen-bond acceptors (Lipinski definition) is 8. The van der Waals surface area contributed by atoms with Crippen molar-refractivity contribution in [3.8, 4) is 34.3 Å². The predicted molar refractivity (Wildman–Crippen MR) is 153 cm³/mol. The third-order valence-corrected chi connectivity index (χ3v) is 6.26. The molecule has 0 aliphatic rings. The van der Waals surface area contributed by atoms with Crippen LogP contribution in [0.25, 0.3) is 43.8 Å². The van der Waals surface area contributed by atoms with Crippen molar-refractivity contribution < 1.29 is 49.3 Å². The predicted octanol–water partition coefficient (Wildman–Crippen LogP) is 5.57. The quantitative estimate of drug-likeness (QED) is 0.166. The van der Waals surface area contributed by atoms with Gasteiger partial charge in [0.15, 0.2) is 11.5 Å². The monoisotopic (exact) mass is 722 g/mol. The molecule has 0 saturated heterocycles. The van der Waals surface area contributed by atoms with Gasteiger partial charge < -0.3 is 34.1 Å². The maximum absolute atomic E-state index is 8.56. The average Bonchev–Trinajstić information content (AvgIpc) is 2.95. The Kier molecular flexibility index (Phi) is 10.7. The van der Waals surface area contributed by atoms with Crippen molar-refractivity contribution in [1.29, 1.82) is 0 Å². The second kappa shape index (κ2) is 13.7. The third-order valence-electron chi connectivity index (χ3n) is 6.26. The van der Waals surface area contributed by atoms with Gasteiger partial charge >= 0.3 is 0 Å². The Labute approximate surface area is 247 Å². The van der Waals surface area contributed by atoms with E-state index in [1.54, 1.807) is 48.5 Å². The first kappa shape index (κ1) is 31.0. The van der Waals surface area contributed by atoms with E-state index in [2.05, 4.69) is 6.07 Å². The SMILES string of the molecule is CC(O)CC(C)O.COc1[c-]c2c(cc1OC)c1cc(OC)c(OC)cc1c1nc(-c3ccccc3)cnc21.[Ir]. The van der Waals surface area contributed by atoms with Crippen LogP contribution in [0.1, 0.15) is 20.3 Å². The van der Waals surface area contributed by atoms with Crippen LogP contribution >= 0.6 is 0 Å². The van der Waals surface area contributed by atoms with E-state index in [4.69, 9.17) is 39.1 Å². The zero-order valence-corrected chi connectivity index (χ0v) is 25.7. The molecular formula is C31H33IrN2O6-. The number of ether oxygens (including phenoxy) is 4. The summed E-state index contributed by atoms with van der Waals surface area (Å²) in [6, 6.07) is 19.1. The molecule has 0 amide bonds. The van der Waals surface area contributed by atoms with E-state index in [-0.39, 0.29) is 32.3 Å². The van der Waals surface area contributed by atoms with Crippen LogP contribution in [0.3, 0.4) is 0 Å². The van der Waals surface area contributed by atoms with E-state index in [0.29, 0.717) is 29.4 Å². The number of fused-ring (bicyclic) bond motifs is 6. The van der Waals surface area contributed by atoms with Crippen LogP contribution in [0.15, 0.2) is 54.7 Å². The summed E-state index contributed by atoms with van der Waals surface area (Å²) in [6.07, 6.45) is 1.51. The molecule has 0 aliphatic heterocycles. The molecule has 0 spiro atoms. The summed E-state index contributed by atoms with van der Waals surface area (Å²) in [6.45, 7) is 3.32. The molecule has 1 radical (unpaired) electrons. The van der Waals surface area contributed by atoms with E-state index in [1.807, 2.05) is 48.5 Å². The van der Waals surface area contributed by atoms with Crippen LogP contribution in [-0.2, 0) is 20.1 Å². The van der Waals surface area contributed by atoms with Crippen molar-refractivity contribution in [3.05, 3.63) is 60.8 Å². The first-order chi connectivity index (χ1) is 18.8. The van der Waals surface area contributed by atoms with E-state index in [1.165, 1.54) is 0 Å². The van der Waals surface area contributed by atoms with Crippen LogP contribution in [0.2, 0.25) is 0 Å². The molecule has 2 unspecified atom stereocenters. The van der Waals surface area contributed by atoms with E-state index in [9.17, 15) is 0 Å². The summed E-state index contributed by atoms with van der Waals surface area (Å²) in [4.78, 5) is 9.80. The van der Waals surface area contributed by atoms with Crippen LogP contribution in [0, 0.1) is 6.07 Å². The number of aliphatic hydroxyl groups is 2. The standard InChI is InChI=1S/C26H21N2O4.C5H12O2.Ir/c1-29-21-10-16-17-11-22(30-2)24(32-4)13-19(17)26-25(18(16)12-23(21)31-3)27-14-20(28-26)15-8-6-5-7-9-15;1-4(6)3-5(2)7;/h5-11,13-14H,1-4H3;4-7H,3H2,1-2H3;/q-1;;. The molecule has 4 aromatic carbocycles. The van der Waals surface area contributed by atoms with Gasteiger partial charge in [0.25, 0.3) is 0 Å². The molecule has 5 aromatic rings. The normalized spacial score (nSPS) is 12.2. The van der Waals surface area contributed by atoms with Crippen molar-refractivity contribution in [1.82, 2.24) is 9.97 Å². The molecule has 0 aliphatic carbocycles. The van der Waals surface area contributed by atoms with Crippen molar-refractivity contribution in [2.75, 3.05) is 28.4 Å². The van der Waals surface area contributed by atoms with Crippen LogP contribution < -0.4 is 18.9 Å². The second-order valence-electron chi connectivity index (χ2n) is 9.16. The maximum atomic E-state index is 8.56. The third kappa shape index (κ3) is 6.45. The molecular weight excluding hydrogens is 689 g/mol. The van der Waals surface area contributed by atoms with Gasteiger partial charge in [0.1, 0.15) is 0 Å². The van der Waals surface area contributed by atoms with Crippen molar-refractivity contribution in [2.24, 2.45) is 0 Å². The number of aliphatic hydroxyl groups excluding tert-OH is 2. The fourth-order valence-electron chi connectivity index (χ4n) is 4.51.